The summed E-state index contributed by atoms with van der Waals surface area (Å²) in [6.45, 7) is 5.57. The van der Waals surface area contributed by atoms with Crippen LogP contribution in [-0.2, 0) is 20.0 Å². The van der Waals surface area contributed by atoms with Crippen molar-refractivity contribution in [1.29, 1.82) is 0 Å². The van der Waals surface area contributed by atoms with Crippen LogP contribution in [-0.4, -0.2) is 64.5 Å². The van der Waals surface area contributed by atoms with E-state index in [0.717, 1.165) is 48.9 Å². The molecule has 8 nitrogen and oxygen atoms in total. The van der Waals surface area contributed by atoms with E-state index in [4.69, 9.17) is 9.73 Å². The van der Waals surface area contributed by atoms with Gasteiger partial charge in [0.2, 0.25) is 0 Å². The highest BCUT2D eigenvalue weighted by Gasteiger charge is 2.30. The largest absolute Gasteiger partial charge is 0.497 e. The van der Waals surface area contributed by atoms with Crippen LogP contribution in [0, 0.1) is 6.92 Å². The molecule has 2 aliphatic rings. The third kappa shape index (κ3) is 7.05. The number of nitrogens with zero attached hydrogens (tertiary/aromatic N) is 5. The molecular weight excluding hydrogens is 529 g/mol. The van der Waals surface area contributed by atoms with Crippen molar-refractivity contribution in [2.75, 3.05) is 26.7 Å². The quantitative estimate of drug-likeness (QED) is 0.290. The Bertz CT molecular complexity index is 893. The van der Waals surface area contributed by atoms with E-state index in [2.05, 4.69) is 37.9 Å². The van der Waals surface area contributed by atoms with Gasteiger partial charge < -0.3 is 19.9 Å². The number of aryl methyl sites for hydroxylation is 1. The Morgan fingerprint density at radius 2 is 1.91 bits per heavy atom. The molecule has 1 aromatic heterocycles. The molecule has 1 aliphatic carbocycles. The van der Waals surface area contributed by atoms with Crippen molar-refractivity contribution >= 4 is 29.9 Å². The molecular formula is C24H38IN7O. The first-order valence-electron chi connectivity index (χ1n) is 11.9. The van der Waals surface area contributed by atoms with Gasteiger partial charge in [-0.2, -0.15) is 0 Å². The third-order valence-electron chi connectivity index (χ3n) is 6.83. The second kappa shape index (κ2) is 12.5. The molecule has 2 fully saturated rings. The van der Waals surface area contributed by atoms with Crippen LogP contribution in [0.4, 0.5) is 0 Å². The Morgan fingerprint density at radius 3 is 2.58 bits per heavy atom. The van der Waals surface area contributed by atoms with Crippen LogP contribution in [0.5, 0.6) is 5.75 Å². The van der Waals surface area contributed by atoms with Crippen molar-refractivity contribution in [2.45, 2.75) is 64.1 Å². The maximum absolute atomic E-state index is 5.26. The molecule has 1 aromatic carbocycles. The number of aromatic nitrogens is 3. The number of likely N-dealkylation sites (tertiary alicyclic amines) is 1. The minimum atomic E-state index is 0. The smallest absolute Gasteiger partial charge is 0.191 e. The average molecular weight is 568 g/mol. The number of hydrogen-bond donors (Lipinski definition) is 2. The molecule has 0 bridgehead atoms. The number of guanidine groups is 1. The predicted molar refractivity (Wildman–Crippen MR) is 142 cm³/mol. The van der Waals surface area contributed by atoms with Crippen LogP contribution in [0.25, 0.3) is 0 Å². The first-order chi connectivity index (χ1) is 15.6. The number of benzene rings is 1. The number of hydrogen-bond acceptors (Lipinski definition) is 5. The molecule has 1 saturated carbocycles. The molecule has 1 atom stereocenters. The second-order valence-corrected chi connectivity index (χ2v) is 8.98. The molecule has 0 amide bonds. The van der Waals surface area contributed by atoms with Gasteiger partial charge in [-0.1, -0.05) is 25.0 Å². The van der Waals surface area contributed by atoms with Crippen molar-refractivity contribution in [1.82, 2.24) is 30.3 Å². The van der Waals surface area contributed by atoms with Crippen LogP contribution in [0.3, 0.4) is 0 Å². The van der Waals surface area contributed by atoms with E-state index >= 15 is 0 Å². The predicted octanol–water partition coefficient (Wildman–Crippen LogP) is 3.04. The zero-order valence-corrected chi connectivity index (χ0v) is 22.4. The van der Waals surface area contributed by atoms with Gasteiger partial charge in [-0.15, -0.1) is 34.2 Å². The van der Waals surface area contributed by atoms with Crippen molar-refractivity contribution in [3.8, 4) is 5.75 Å². The number of rotatable bonds is 8. The van der Waals surface area contributed by atoms with Gasteiger partial charge in [-0.05, 0) is 50.3 Å². The third-order valence-corrected chi connectivity index (χ3v) is 6.83. The molecule has 33 heavy (non-hydrogen) atoms. The Labute approximate surface area is 214 Å². The topological polar surface area (TPSA) is 79.6 Å². The van der Waals surface area contributed by atoms with E-state index in [0.29, 0.717) is 12.6 Å². The summed E-state index contributed by atoms with van der Waals surface area (Å²) in [6, 6.07) is 9.47. The van der Waals surface area contributed by atoms with Crippen LogP contribution in [0.2, 0.25) is 0 Å². The summed E-state index contributed by atoms with van der Waals surface area (Å²) in [6.07, 6.45) is 7.58. The van der Waals surface area contributed by atoms with Gasteiger partial charge >= 0.3 is 0 Å². The van der Waals surface area contributed by atoms with Gasteiger partial charge in [0, 0.05) is 38.8 Å². The normalized spacial score (nSPS) is 19.5. The van der Waals surface area contributed by atoms with Crippen LogP contribution < -0.4 is 15.4 Å². The molecule has 2 aromatic rings. The van der Waals surface area contributed by atoms with E-state index < -0.39 is 0 Å². The Balaban J connectivity index is 0.00000306. The van der Waals surface area contributed by atoms with Crippen molar-refractivity contribution in [2.24, 2.45) is 12.0 Å². The highest BCUT2D eigenvalue weighted by atomic mass is 127. The van der Waals surface area contributed by atoms with E-state index in [-0.39, 0.29) is 24.0 Å². The van der Waals surface area contributed by atoms with Gasteiger partial charge in [-0.25, -0.2) is 4.99 Å². The number of nitrogens with one attached hydrogen (secondary N) is 2. The van der Waals surface area contributed by atoms with Crippen LogP contribution in [0.15, 0.2) is 29.3 Å². The highest BCUT2D eigenvalue weighted by Crippen LogP contribution is 2.26. The minimum Gasteiger partial charge on any atom is -0.497 e. The number of halogens is 1. The van der Waals surface area contributed by atoms with E-state index in [1.54, 1.807) is 7.11 Å². The maximum atomic E-state index is 5.26. The highest BCUT2D eigenvalue weighted by molar-refractivity contribution is 14.0. The monoisotopic (exact) mass is 567 g/mol. The Morgan fingerprint density at radius 1 is 1.15 bits per heavy atom. The summed E-state index contributed by atoms with van der Waals surface area (Å²) in [5, 5.41) is 15.6. The maximum Gasteiger partial charge on any atom is 0.191 e. The van der Waals surface area contributed by atoms with Crippen LogP contribution >= 0.6 is 24.0 Å². The summed E-state index contributed by atoms with van der Waals surface area (Å²) in [5.41, 5.74) is 1.27. The lowest BCUT2D eigenvalue weighted by Crippen LogP contribution is -2.46. The lowest BCUT2D eigenvalue weighted by Gasteiger charge is -2.24. The van der Waals surface area contributed by atoms with Gasteiger partial charge in [0.1, 0.15) is 18.1 Å². The SMILES string of the molecule is COc1ccc(CCNC(=NCc2nnc(C)n2C)NC2CCN(C3CCCC3)C2)cc1.I. The lowest BCUT2D eigenvalue weighted by molar-refractivity contribution is 0.242. The lowest BCUT2D eigenvalue weighted by atomic mass is 10.1. The summed E-state index contributed by atoms with van der Waals surface area (Å²) < 4.78 is 7.25. The van der Waals surface area contributed by atoms with E-state index in [1.165, 1.54) is 44.2 Å². The first kappa shape index (κ1) is 25.7. The molecule has 1 unspecified atom stereocenters. The van der Waals surface area contributed by atoms with Gasteiger partial charge in [0.15, 0.2) is 11.8 Å². The summed E-state index contributed by atoms with van der Waals surface area (Å²) in [4.78, 5) is 7.52. The fraction of sp³-hybridized carbons (Fsp3) is 0.625. The van der Waals surface area contributed by atoms with E-state index in [1.807, 2.05) is 30.7 Å². The molecule has 9 heteroatoms. The zero-order chi connectivity index (χ0) is 22.3. The second-order valence-electron chi connectivity index (χ2n) is 8.98. The molecule has 182 valence electrons. The van der Waals surface area contributed by atoms with Gasteiger partial charge in [0.25, 0.3) is 0 Å². The molecule has 2 N–H and O–H groups in total. The summed E-state index contributed by atoms with van der Waals surface area (Å²) >= 11 is 0. The minimum absolute atomic E-state index is 0. The number of aliphatic imine (C=N–C) groups is 1. The Kier molecular flexibility index (Phi) is 9.78. The average Bonchev–Trinajstić information content (AvgIpc) is 3.56. The van der Waals surface area contributed by atoms with Gasteiger partial charge in [0.05, 0.1) is 7.11 Å². The molecule has 0 spiro atoms. The number of methoxy groups -OCH3 is 1. The van der Waals surface area contributed by atoms with Crippen molar-refractivity contribution < 1.29 is 4.74 Å². The standard InChI is InChI=1S/C24H37N7O.HI/c1-18-28-29-23(30(18)2)16-26-24(25-14-12-19-8-10-22(32-3)11-9-19)27-20-13-15-31(17-20)21-6-4-5-7-21;/h8-11,20-21H,4-7,12-17H2,1-3H3,(H2,25,26,27);1H. The first-order valence-corrected chi connectivity index (χ1v) is 11.9. The summed E-state index contributed by atoms with van der Waals surface area (Å²) in [5.74, 6) is 3.52. The van der Waals surface area contributed by atoms with Crippen molar-refractivity contribution in [3.63, 3.8) is 0 Å². The molecule has 0 radical (unpaired) electrons. The van der Waals surface area contributed by atoms with Gasteiger partial charge in [-0.3, -0.25) is 4.90 Å². The Hall–Kier alpha value is -1.88. The molecule has 1 saturated heterocycles. The van der Waals surface area contributed by atoms with Crippen LogP contribution in [0.1, 0.15) is 49.3 Å². The zero-order valence-electron chi connectivity index (χ0n) is 20.1. The molecule has 4 rings (SSSR count). The van der Waals surface area contributed by atoms with Crippen molar-refractivity contribution in [3.05, 3.63) is 41.5 Å². The van der Waals surface area contributed by atoms with E-state index in [9.17, 15) is 0 Å². The fourth-order valence-electron chi connectivity index (χ4n) is 4.71. The summed E-state index contributed by atoms with van der Waals surface area (Å²) in [7, 11) is 3.68. The number of ether oxygens (including phenoxy) is 1. The fourth-order valence-corrected chi connectivity index (χ4v) is 4.71. The molecule has 1 aliphatic heterocycles. The molecule has 2 heterocycles.